The van der Waals surface area contributed by atoms with Gasteiger partial charge in [-0.1, -0.05) is 12.1 Å². The summed E-state index contributed by atoms with van der Waals surface area (Å²) in [6, 6.07) is 9.87. The van der Waals surface area contributed by atoms with Gasteiger partial charge in [0.2, 0.25) is 0 Å². The third-order valence-corrected chi connectivity index (χ3v) is 3.38. The van der Waals surface area contributed by atoms with Crippen LogP contribution in [0, 0.1) is 0 Å². The Balaban J connectivity index is 2.05. The molecule has 0 spiro atoms. The number of ether oxygens (including phenoxy) is 1. The number of rotatable bonds is 5. The molecule has 1 amide bonds. The van der Waals surface area contributed by atoms with E-state index in [4.69, 9.17) is 4.74 Å². The molecule has 21 heavy (non-hydrogen) atoms. The Morgan fingerprint density at radius 1 is 1.19 bits per heavy atom. The maximum absolute atomic E-state index is 11.9. The molecule has 1 aromatic carbocycles. The Labute approximate surface area is 125 Å². The molecule has 5 nitrogen and oxygen atoms in total. The number of carbonyl (C=O) groups excluding carboxylic acids is 3. The predicted molar refractivity (Wildman–Crippen MR) is 79.7 cm³/mol. The lowest BCUT2D eigenvalue weighted by Gasteiger charge is -2.06. The first-order valence-corrected chi connectivity index (χ1v) is 7.05. The number of thiophene rings is 1. The Morgan fingerprint density at radius 3 is 2.67 bits per heavy atom. The van der Waals surface area contributed by atoms with E-state index in [1.54, 1.807) is 30.3 Å². The average Bonchev–Trinajstić information content (AvgIpc) is 2.99. The molecule has 0 radical (unpaired) electrons. The lowest BCUT2D eigenvalue weighted by molar-refractivity contribution is -0.120. The zero-order valence-electron chi connectivity index (χ0n) is 11.3. The van der Waals surface area contributed by atoms with Gasteiger partial charge >= 0.3 is 5.97 Å². The van der Waals surface area contributed by atoms with Gasteiger partial charge in [0.15, 0.2) is 5.78 Å². The van der Waals surface area contributed by atoms with Crippen LogP contribution in [-0.4, -0.2) is 24.3 Å². The van der Waals surface area contributed by atoms with Crippen LogP contribution < -0.4 is 5.32 Å². The van der Waals surface area contributed by atoms with E-state index in [-0.39, 0.29) is 23.9 Å². The summed E-state index contributed by atoms with van der Waals surface area (Å²) in [7, 11) is 0. The number of benzene rings is 1. The van der Waals surface area contributed by atoms with E-state index in [9.17, 15) is 14.4 Å². The van der Waals surface area contributed by atoms with Gasteiger partial charge in [-0.05, 0) is 36.6 Å². The molecule has 0 bridgehead atoms. The van der Waals surface area contributed by atoms with E-state index in [1.165, 1.54) is 24.3 Å². The van der Waals surface area contributed by atoms with E-state index in [0.29, 0.717) is 10.6 Å². The molecule has 1 N–H and O–H groups in total. The minimum atomic E-state index is -0.600. The van der Waals surface area contributed by atoms with Crippen LogP contribution in [0.2, 0.25) is 0 Å². The molecule has 2 rings (SSSR count). The smallest absolute Gasteiger partial charge is 0.338 e. The molecule has 0 unspecified atom stereocenters. The highest BCUT2D eigenvalue weighted by molar-refractivity contribution is 7.12. The maximum atomic E-state index is 11.9. The van der Waals surface area contributed by atoms with Gasteiger partial charge in [0.1, 0.15) is 6.61 Å². The monoisotopic (exact) mass is 303 g/mol. The van der Waals surface area contributed by atoms with Crippen LogP contribution in [0.25, 0.3) is 0 Å². The molecule has 0 fully saturated rings. The van der Waals surface area contributed by atoms with Crippen molar-refractivity contribution >= 4 is 34.7 Å². The minimum absolute atomic E-state index is 0.231. The molecule has 1 heterocycles. The van der Waals surface area contributed by atoms with Crippen LogP contribution in [-0.2, 0) is 9.53 Å². The first-order chi connectivity index (χ1) is 10.1. The quantitative estimate of drug-likeness (QED) is 0.862. The summed E-state index contributed by atoms with van der Waals surface area (Å²) in [6.07, 6.45) is 0. The molecule has 0 aliphatic carbocycles. The van der Waals surface area contributed by atoms with E-state index in [2.05, 4.69) is 5.32 Å². The zero-order chi connectivity index (χ0) is 15.2. The Bertz CT molecular complexity index is 664. The third kappa shape index (κ3) is 4.25. The van der Waals surface area contributed by atoms with Crippen molar-refractivity contribution in [2.45, 2.75) is 6.92 Å². The van der Waals surface area contributed by atoms with Crippen LogP contribution in [0.3, 0.4) is 0 Å². The van der Waals surface area contributed by atoms with Crippen molar-refractivity contribution in [3.05, 3.63) is 52.2 Å². The number of Topliss-reactive ketones (excluding diaryl/α,β-unsaturated/α-hetero) is 1. The van der Waals surface area contributed by atoms with Crippen molar-refractivity contribution in [3.63, 3.8) is 0 Å². The van der Waals surface area contributed by atoms with Gasteiger partial charge in [-0.25, -0.2) is 4.79 Å². The van der Waals surface area contributed by atoms with E-state index >= 15 is 0 Å². The number of hydrogen-bond acceptors (Lipinski definition) is 5. The first kappa shape index (κ1) is 14.9. The molecule has 0 saturated carbocycles. The topological polar surface area (TPSA) is 72.5 Å². The summed E-state index contributed by atoms with van der Waals surface area (Å²) in [5.74, 6) is -1.07. The summed E-state index contributed by atoms with van der Waals surface area (Å²) >= 11 is 1.33. The number of nitrogens with one attached hydrogen (secondary N) is 1. The molecular formula is C15H13NO4S. The normalized spacial score (nSPS) is 9.95. The molecule has 0 saturated heterocycles. The summed E-state index contributed by atoms with van der Waals surface area (Å²) in [5, 5.41) is 4.51. The second-order valence-corrected chi connectivity index (χ2v) is 5.24. The van der Waals surface area contributed by atoms with Crippen LogP contribution in [0.4, 0.5) is 5.69 Å². The van der Waals surface area contributed by atoms with Gasteiger partial charge in [-0.15, -0.1) is 11.3 Å². The Hall–Kier alpha value is -2.47. The fraction of sp³-hybridized carbons (Fsp3) is 0.133. The molecule has 0 atom stereocenters. The standard InChI is InChI=1S/C15H13NO4S/c1-10(17)9-20-15(19)11-4-2-5-12(8-11)16-14(18)13-6-3-7-21-13/h2-8H,9H2,1H3,(H,16,18). The van der Waals surface area contributed by atoms with Crippen LogP contribution in [0.15, 0.2) is 41.8 Å². The summed E-state index contributed by atoms with van der Waals surface area (Å²) in [6.45, 7) is 1.08. The summed E-state index contributed by atoms with van der Waals surface area (Å²) in [4.78, 5) is 35.0. The fourth-order valence-corrected chi connectivity index (χ4v) is 2.19. The van der Waals surface area contributed by atoms with E-state index < -0.39 is 5.97 Å². The van der Waals surface area contributed by atoms with E-state index in [1.807, 2.05) is 5.38 Å². The number of amides is 1. The molecule has 108 valence electrons. The highest BCUT2D eigenvalue weighted by Crippen LogP contribution is 2.15. The highest BCUT2D eigenvalue weighted by atomic mass is 32.1. The van der Waals surface area contributed by atoms with Gasteiger partial charge in [0.05, 0.1) is 10.4 Å². The molecule has 6 heteroatoms. The van der Waals surface area contributed by atoms with Crippen LogP contribution >= 0.6 is 11.3 Å². The fourth-order valence-electron chi connectivity index (χ4n) is 1.57. The van der Waals surface area contributed by atoms with E-state index in [0.717, 1.165) is 0 Å². The number of anilines is 1. The lowest BCUT2D eigenvalue weighted by Crippen LogP contribution is -2.13. The summed E-state index contributed by atoms with van der Waals surface area (Å²) < 4.78 is 4.82. The van der Waals surface area contributed by atoms with Gasteiger partial charge in [-0.3, -0.25) is 9.59 Å². The number of hydrogen-bond donors (Lipinski definition) is 1. The minimum Gasteiger partial charge on any atom is -0.454 e. The largest absolute Gasteiger partial charge is 0.454 e. The number of esters is 1. The van der Waals surface area contributed by atoms with Crippen LogP contribution in [0.1, 0.15) is 27.0 Å². The lowest BCUT2D eigenvalue weighted by atomic mass is 10.2. The molecule has 0 aliphatic rings. The van der Waals surface area contributed by atoms with Gasteiger partial charge in [0, 0.05) is 5.69 Å². The van der Waals surface area contributed by atoms with Crippen molar-refractivity contribution in [1.29, 1.82) is 0 Å². The maximum Gasteiger partial charge on any atom is 0.338 e. The molecule has 2 aromatic rings. The molecule has 0 aliphatic heterocycles. The zero-order valence-corrected chi connectivity index (χ0v) is 12.1. The van der Waals surface area contributed by atoms with Crippen molar-refractivity contribution in [2.75, 3.05) is 11.9 Å². The molecule has 1 aromatic heterocycles. The van der Waals surface area contributed by atoms with Gasteiger partial charge < -0.3 is 10.1 Å². The highest BCUT2D eigenvalue weighted by Gasteiger charge is 2.11. The SMILES string of the molecule is CC(=O)COC(=O)c1cccc(NC(=O)c2cccs2)c1. The Morgan fingerprint density at radius 2 is 2.00 bits per heavy atom. The van der Waals surface area contributed by atoms with Crippen LogP contribution in [0.5, 0.6) is 0 Å². The van der Waals surface area contributed by atoms with Crippen molar-refractivity contribution in [1.82, 2.24) is 0 Å². The van der Waals surface area contributed by atoms with Gasteiger partial charge in [0.25, 0.3) is 5.91 Å². The number of ketones is 1. The summed E-state index contributed by atoms with van der Waals surface area (Å²) in [5.41, 5.74) is 0.769. The Kier molecular flexibility index (Phi) is 4.84. The number of carbonyl (C=O) groups is 3. The van der Waals surface area contributed by atoms with Crippen molar-refractivity contribution in [2.24, 2.45) is 0 Å². The third-order valence-electron chi connectivity index (χ3n) is 2.51. The second kappa shape index (κ2) is 6.81. The van der Waals surface area contributed by atoms with Gasteiger partial charge in [-0.2, -0.15) is 0 Å². The van der Waals surface area contributed by atoms with Crippen molar-refractivity contribution in [3.8, 4) is 0 Å². The van der Waals surface area contributed by atoms with Crippen molar-refractivity contribution < 1.29 is 19.1 Å². The predicted octanol–water partition coefficient (Wildman–Crippen LogP) is 2.75. The second-order valence-electron chi connectivity index (χ2n) is 4.29. The first-order valence-electron chi connectivity index (χ1n) is 6.18. The molecular weight excluding hydrogens is 290 g/mol. The average molecular weight is 303 g/mol.